The molecule has 0 radical (unpaired) electrons. The number of aromatic nitrogens is 5. The van der Waals surface area contributed by atoms with Gasteiger partial charge in [0.25, 0.3) is 5.56 Å². The van der Waals surface area contributed by atoms with Gasteiger partial charge in [-0.05, 0) is 19.1 Å². The molecule has 0 saturated carbocycles. The van der Waals surface area contributed by atoms with Crippen LogP contribution in [0.1, 0.15) is 13.3 Å². The first-order valence-electron chi connectivity index (χ1n) is 8.94. The van der Waals surface area contributed by atoms with Gasteiger partial charge in [0.2, 0.25) is 0 Å². The molecule has 5 heterocycles. The van der Waals surface area contributed by atoms with Crippen molar-refractivity contribution in [1.82, 2.24) is 24.9 Å². The number of imidazole rings is 1. The number of hydrogen-bond donors (Lipinski definition) is 2. The van der Waals surface area contributed by atoms with Gasteiger partial charge in [-0.1, -0.05) is 11.6 Å². The van der Waals surface area contributed by atoms with Crippen molar-refractivity contribution in [2.45, 2.75) is 25.6 Å². The Morgan fingerprint density at radius 3 is 2.89 bits per heavy atom. The van der Waals surface area contributed by atoms with Crippen LogP contribution in [0.3, 0.4) is 0 Å². The Labute approximate surface area is 163 Å². The number of hydrogen-bond acceptors (Lipinski definition) is 5. The molecule has 0 spiro atoms. The van der Waals surface area contributed by atoms with Crippen molar-refractivity contribution in [3.63, 3.8) is 0 Å². The van der Waals surface area contributed by atoms with Crippen molar-refractivity contribution in [1.29, 1.82) is 0 Å². The molecule has 0 aromatic carbocycles. The molecule has 1 aliphatic rings. The lowest BCUT2D eigenvalue weighted by molar-refractivity contribution is 0.358. The first-order chi connectivity index (χ1) is 13.5. The number of rotatable bonds is 2. The molecule has 9 heteroatoms. The van der Waals surface area contributed by atoms with E-state index in [1.54, 1.807) is 30.6 Å². The minimum Gasteiger partial charge on any atom is -0.349 e. The van der Waals surface area contributed by atoms with Gasteiger partial charge in [0.05, 0.1) is 23.1 Å². The second kappa shape index (κ2) is 6.27. The number of nitrogens with one attached hydrogen (secondary N) is 2. The van der Waals surface area contributed by atoms with Crippen LogP contribution in [0.25, 0.3) is 33.3 Å². The molecule has 0 bridgehead atoms. The smallest absolute Gasteiger partial charge is 0.259 e. The number of pyridine rings is 3. The summed E-state index contributed by atoms with van der Waals surface area (Å²) in [4.78, 5) is 33.5. The Bertz CT molecular complexity index is 1270. The van der Waals surface area contributed by atoms with E-state index in [1.807, 2.05) is 11.8 Å². The standard InChI is InChI=1S/C19H16ClFN6O/c1-9-4-11(21)8-27(9)18-16-14(6-15(20)25-18)23-17(26-16)12-5-10-7-22-3-2-13(10)24-19(12)28/h2-3,5-7,9,11H,4,8H2,1H3,(H,23,26)(H,24,28)/t9-,11-/m1/s1. The van der Waals surface area contributed by atoms with E-state index in [-0.39, 0.29) is 23.3 Å². The lowest BCUT2D eigenvalue weighted by atomic mass is 10.2. The van der Waals surface area contributed by atoms with Crippen molar-refractivity contribution < 1.29 is 4.39 Å². The van der Waals surface area contributed by atoms with E-state index in [9.17, 15) is 9.18 Å². The monoisotopic (exact) mass is 398 g/mol. The third-order valence-corrected chi connectivity index (χ3v) is 5.31. The molecule has 1 fully saturated rings. The van der Waals surface area contributed by atoms with E-state index < -0.39 is 6.17 Å². The summed E-state index contributed by atoms with van der Waals surface area (Å²) in [6.07, 6.45) is 2.81. The number of halogens is 2. The van der Waals surface area contributed by atoms with Crippen LogP contribution in [0.4, 0.5) is 10.2 Å². The van der Waals surface area contributed by atoms with Gasteiger partial charge in [0.1, 0.15) is 22.7 Å². The van der Waals surface area contributed by atoms with E-state index in [1.165, 1.54) is 0 Å². The molecule has 4 aromatic heterocycles. The van der Waals surface area contributed by atoms with Crippen molar-refractivity contribution in [3.05, 3.63) is 46.1 Å². The fourth-order valence-electron chi connectivity index (χ4n) is 3.78. The van der Waals surface area contributed by atoms with Crippen LogP contribution in [0.2, 0.25) is 5.15 Å². The summed E-state index contributed by atoms with van der Waals surface area (Å²) in [6, 6.07) is 5.12. The minimum absolute atomic E-state index is 0.0144. The lowest BCUT2D eigenvalue weighted by Crippen LogP contribution is -2.28. The van der Waals surface area contributed by atoms with Gasteiger partial charge in [-0.25, -0.2) is 14.4 Å². The van der Waals surface area contributed by atoms with Crippen LogP contribution >= 0.6 is 11.6 Å². The minimum atomic E-state index is -0.917. The Balaban J connectivity index is 1.70. The van der Waals surface area contributed by atoms with Crippen LogP contribution in [0.15, 0.2) is 35.4 Å². The highest BCUT2D eigenvalue weighted by Gasteiger charge is 2.32. The summed E-state index contributed by atoms with van der Waals surface area (Å²) < 4.78 is 13.9. The van der Waals surface area contributed by atoms with Crippen LogP contribution in [-0.2, 0) is 0 Å². The quantitative estimate of drug-likeness (QED) is 0.505. The SMILES string of the molecule is C[C@@H]1C[C@@H](F)CN1c1nc(Cl)cc2[nH]c(-c3cc4cnccc4[nH]c3=O)nc12. The fraction of sp³-hybridized carbons (Fsp3) is 0.263. The zero-order chi connectivity index (χ0) is 19.4. The number of fused-ring (bicyclic) bond motifs is 2. The maximum absolute atomic E-state index is 13.9. The van der Waals surface area contributed by atoms with Gasteiger partial charge in [-0.3, -0.25) is 9.78 Å². The summed E-state index contributed by atoms with van der Waals surface area (Å²) in [5.74, 6) is 0.924. The Kier molecular flexibility index (Phi) is 3.83. The first kappa shape index (κ1) is 17.1. The highest BCUT2D eigenvalue weighted by molar-refractivity contribution is 6.30. The van der Waals surface area contributed by atoms with Crippen LogP contribution in [-0.4, -0.2) is 43.7 Å². The van der Waals surface area contributed by atoms with E-state index in [0.717, 1.165) is 5.39 Å². The molecule has 7 nitrogen and oxygen atoms in total. The van der Waals surface area contributed by atoms with E-state index in [0.29, 0.717) is 40.2 Å². The normalized spacial score (nSPS) is 19.8. The predicted octanol–water partition coefficient (Wildman–Crippen LogP) is 3.45. The Morgan fingerprint density at radius 2 is 2.11 bits per heavy atom. The van der Waals surface area contributed by atoms with Crippen molar-refractivity contribution in [2.24, 2.45) is 0 Å². The average molecular weight is 399 g/mol. The molecule has 2 N–H and O–H groups in total. The largest absolute Gasteiger partial charge is 0.349 e. The second-order valence-electron chi connectivity index (χ2n) is 7.06. The molecule has 142 valence electrons. The molecular formula is C19H16ClFN6O. The molecule has 1 aliphatic heterocycles. The van der Waals surface area contributed by atoms with Gasteiger partial charge < -0.3 is 14.9 Å². The highest BCUT2D eigenvalue weighted by Crippen LogP contribution is 2.33. The van der Waals surface area contributed by atoms with Crippen LogP contribution < -0.4 is 10.5 Å². The molecule has 4 aromatic rings. The van der Waals surface area contributed by atoms with E-state index in [2.05, 4.69) is 24.9 Å². The van der Waals surface area contributed by atoms with Crippen LogP contribution in [0, 0.1) is 0 Å². The summed E-state index contributed by atoms with van der Waals surface area (Å²) in [5.41, 5.74) is 2.02. The topological polar surface area (TPSA) is 90.6 Å². The number of alkyl halides is 1. The number of H-pyrrole nitrogens is 2. The van der Waals surface area contributed by atoms with Crippen molar-refractivity contribution in [3.8, 4) is 11.4 Å². The van der Waals surface area contributed by atoms with Gasteiger partial charge >= 0.3 is 0 Å². The average Bonchev–Trinajstić information content (AvgIpc) is 3.22. The lowest BCUT2D eigenvalue weighted by Gasteiger charge is -2.22. The molecule has 0 amide bonds. The zero-order valence-corrected chi connectivity index (χ0v) is 15.7. The zero-order valence-electron chi connectivity index (χ0n) is 14.9. The number of anilines is 1. The van der Waals surface area contributed by atoms with Gasteiger partial charge in [-0.15, -0.1) is 0 Å². The molecule has 2 atom stereocenters. The van der Waals surface area contributed by atoms with Gasteiger partial charge in [-0.2, -0.15) is 0 Å². The third-order valence-electron chi connectivity index (χ3n) is 5.12. The van der Waals surface area contributed by atoms with Crippen molar-refractivity contribution >= 4 is 39.4 Å². The summed E-state index contributed by atoms with van der Waals surface area (Å²) >= 11 is 6.20. The summed E-state index contributed by atoms with van der Waals surface area (Å²) in [6.45, 7) is 2.19. The molecule has 28 heavy (non-hydrogen) atoms. The Morgan fingerprint density at radius 1 is 1.25 bits per heavy atom. The molecule has 0 aliphatic carbocycles. The van der Waals surface area contributed by atoms with Gasteiger partial charge in [0.15, 0.2) is 5.82 Å². The third kappa shape index (κ3) is 2.72. The number of aromatic amines is 2. The molecular weight excluding hydrogens is 383 g/mol. The summed E-state index contributed by atoms with van der Waals surface area (Å²) in [7, 11) is 0. The Hall–Kier alpha value is -3.00. The fourth-order valence-corrected chi connectivity index (χ4v) is 3.97. The van der Waals surface area contributed by atoms with E-state index >= 15 is 0 Å². The van der Waals surface area contributed by atoms with Crippen LogP contribution in [0.5, 0.6) is 0 Å². The molecule has 0 unspecified atom stereocenters. The van der Waals surface area contributed by atoms with Crippen molar-refractivity contribution in [2.75, 3.05) is 11.4 Å². The maximum Gasteiger partial charge on any atom is 0.259 e. The summed E-state index contributed by atoms with van der Waals surface area (Å²) in [5, 5.41) is 1.08. The first-order valence-corrected chi connectivity index (χ1v) is 9.32. The molecule has 1 saturated heterocycles. The maximum atomic E-state index is 13.9. The molecule has 5 rings (SSSR count). The predicted molar refractivity (Wildman–Crippen MR) is 107 cm³/mol. The second-order valence-corrected chi connectivity index (χ2v) is 7.45. The number of nitrogens with zero attached hydrogens (tertiary/aromatic N) is 4. The van der Waals surface area contributed by atoms with Gasteiger partial charge in [0, 0.05) is 36.3 Å². The highest BCUT2D eigenvalue weighted by atomic mass is 35.5. The van der Waals surface area contributed by atoms with E-state index in [4.69, 9.17) is 11.6 Å².